The molecule has 0 spiro atoms. The van der Waals surface area contributed by atoms with Gasteiger partial charge in [-0.25, -0.2) is 9.97 Å². The van der Waals surface area contributed by atoms with Crippen LogP contribution in [0.4, 0.5) is 5.69 Å². The number of nitrogens with one attached hydrogen (secondary N) is 1. The van der Waals surface area contributed by atoms with E-state index >= 15 is 0 Å². The smallest absolute Gasteiger partial charge is 0.380 e. The first-order valence-electron chi connectivity index (χ1n) is 10.6. The number of quaternary nitrogens is 1. The number of amides is 1. The van der Waals surface area contributed by atoms with Crippen LogP contribution < -0.4 is 14.9 Å². The fourth-order valence-electron chi connectivity index (χ4n) is 4.31. The van der Waals surface area contributed by atoms with Crippen molar-refractivity contribution >= 4 is 28.9 Å². The van der Waals surface area contributed by atoms with Crippen molar-refractivity contribution in [3.8, 4) is 5.75 Å². The van der Waals surface area contributed by atoms with Crippen molar-refractivity contribution in [2.24, 2.45) is 11.0 Å². The Bertz CT molecular complexity index is 960. The number of hydrazone groups is 1. The van der Waals surface area contributed by atoms with E-state index in [1.165, 1.54) is 0 Å². The molecule has 7 nitrogen and oxygen atoms in total. The molecule has 0 aliphatic carbocycles. The van der Waals surface area contributed by atoms with Crippen molar-refractivity contribution in [3.63, 3.8) is 0 Å². The van der Waals surface area contributed by atoms with E-state index in [0.717, 1.165) is 30.6 Å². The van der Waals surface area contributed by atoms with Crippen molar-refractivity contribution < 1.29 is 14.7 Å². The largest absolute Gasteiger partial charge is 0.605 e. The van der Waals surface area contributed by atoms with Crippen LogP contribution in [-0.2, 0) is 4.79 Å². The summed E-state index contributed by atoms with van der Waals surface area (Å²) in [7, 11) is 1.62. The molecular weight excluding hydrogens is 416 g/mol. The lowest BCUT2D eigenvalue weighted by Crippen LogP contribution is -3.17. The Kier molecular flexibility index (Phi) is 6.57. The number of para-hydroxylation sites is 1. The van der Waals surface area contributed by atoms with E-state index < -0.39 is 11.1 Å². The Morgan fingerprint density at radius 1 is 1.13 bits per heavy atom. The van der Waals surface area contributed by atoms with Gasteiger partial charge in [-0.05, 0) is 42.7 Å². The molecule has 164 valence electrons. The van der Waals surface area contributed by atoms with Gasteiger partial charge >= 0.3 is 5.91 Å². The fourth-order valence-corrected chi connectivity index (χ4v) is 4.53. The third kappa shape index (κ3) is 4.32. The molecule has 0 bridgehead atoms. The minimum atomic E-state index is -0.525. The molecule has 2 aliphatic rings. The molecular formula is C23H27ClN4O3. The summed E-state index contributed by atoms with van der Waals surface area (Å²) < 4.78 is 5.28. The molecule has 1 amide bonds. The Labute approximate surface area is 187 Å². The van der Waals surface area contributed by atoms with E-state index in [-0.39, 0.29) is 17.7 Å². The van der Waals surface area contributed by atoms with Gasteiger partial charge in [-0.3, -0.25) is 5.01 Å². The summed E-state index contributed by atoms with van der Waals surface area (Å²) in [4.78, 5) is 13.2. The number of anilines is 1. The number of nitrogens with zero attached hydrogens (tertiary/aromatic N) is 3. The fraction of sp³-hybridized carbons (Fsp3) is 0.391. The van der Waals surface area contributed by atoms with Gasteiger partial charge in [0.05, 0.1) is 23.9 Å². The maximum atomic E-state index is 13.2. The third-order valence-electron chi connectivity index (χ3n) is 6.01. The summed E-state index contributed by atoms with van der Waals surface area (Å²) in [5.41, 5.74) is 1.94. The molecule has 1 fully saturated rings. The van der Waals surface area contributed by atoms with E-state index in [1.54, 1.807) is 23.2 Å². The van der Waals surface area contributed by atoms with E-state index in [0.29, 0.717) is 23.8 Å². The summed E-state index contributed by atoms with van der Waals surface area (Å²) in [5.74, 6) is -0.0652. The van der Waals surface area contributed by atoms with Crippen LogP contribution in [-0.4, -0.2) is 36.8 Å². The van der Waals surface area contributed by atoms with Crippen LogP contribution >= 0.6 is 11.6 Å². The predicted octanol–water partition coefficient (Wildman–Crippen LogP) is 3.21. The summed E-state index contributed by atoms with van der Waals surface area (Å²) in [5, 5.41) is 21.1. The summed E-state index contributed by atoms with van der Waals surface area (Å²) in [6.45, 7) is 3.19. The topological polar surface area (TPSA) is 72.6 Å². The molecule has 2 aromatic carbocycles. The number of ether oxygens (including phenoxy) is 1. The maximum Gasteiger partial charge on any atom is 0.380 e. The van der Waals surface area contributed by atoms with E-state index in [9.17, 15) is 10.0 Å². The van der Waals surface area contributed by atoms with Crippen LogP contribution in [0.2, 0.25) is 5.02 Å². The van der Waals surface area contributed by atoms with Gasteiger partial charge in [0.2, 0.25) is 0 Å². The Morgan fingerprint density at radius 3 is 2.45 bits per heavy atom. The highest BCUT2D eigenvalue weighted by atomic mass is 35.5. The van der Waals surface area contributed by atoms with Crippen molar-refractivity contribution in [2.45, 2.75) is 32.2 Å². The van der Waals surface area contributed by atoms with Crippen molar-refractivity contribution in [2.75, 3.05) is 25.2 Å². The zero-order valence-electron chi connectivity index (χ0n) is 17.8. The SMILES string of the molecule is COc1ccc([C@H]2[C@@H](C)C(C(=O)[NH+]([O-])N3CCCCC3)=NN2c2ccccc2Cl)cc1. The quantitative estimate of drug-likeness (QED) is 0.720. The lowest BCUT2D eigenvalue weighted by atomic mass is 9.91. The Hall–Kier alpha value is -2.45. The van der Waals surface area contributed by atoms with Gasteiger partial charge in [0.25, 0.3) is 0 Å². The van der Waals surface area contributed by atoms with Gasteiger partial charge in [0, 0.05) is 19.0 Å². The standard InChI is InChI=1S/C23H27ClN4O3/c1-16-21(23(29)28(30)26-14-6-3-7-15-26)25-27(20-9-5-4-8-19(20)24)22(16)17-10-12-18(31-2)13-11-17/h4-5,8-13,16,22,28H,3,6-7,14-15H2,1-2H3/t16-,22+/m0/s1. The van der Waals surface area contributed by atoms with Crippen molar-refractivity contribution in [1.29, 1.82) is 0 Å². The highest BCUT2D eigenvalue weighted by Crippen LogP contribution is 2.41. The van der Waals surface area contributed by atoms with E-state index in [1.807, 2.05) is 49.4 Å². The number of hydrogen-bond donors (Lipinski definition) is 1. The minimum absolute atomic E-state index is 0.265. The average molecular weight is 443 g/mol. The number of piperidine rings is 1. The van der Waals surface area contributed by atoms with Gasteiger partial charge in [0.15, 0.2) is 5.71 Å². The van der Waals surface area contributed by atoms with Crippen LogP contribution in [0.25, 0.3) is 0 Å². The Balaban J connectivity index is 1.69. The molecule has 2 heterocycles. The minimum Gasteiger partial charge on any atom is -0.605 e. The number of hydrogen-bond acceptors (Lipinski definition) is 6. The first kappa shape index (κ1) is 21.8. The van der Waals surface area contributed by atoms with Crippen LogP contribution in [0.15, 0.2) is 53.6 Å². The summed E-state index contributed by atoms with van der Waals surface area (Å²) in [6.07, 6.45) is 2.96. The normalized spacial score (nSPS) is 22.8. The molecule has 1 saturated heterocycles. The second kappa shape index (κ2) is 9.36. The number of carbonyl (C=O) groups excluding carboxylic acids is 1. The van der Waals surface area contributed by atoms with Crippen LogP contribution in [0.3, 0.4) is 0 Å². The molecule has 1 N–H and O–H groups in total. The van der Waals surface area contributed by atoms with Gasteiger partial charge < -0.3 is 9.94 Å². The number of methoxy groups -OCH3 is 1. The second-order valence-electron chi connectivity index (χ2n) is 7.97. The number of halogens is 1. The molecule has 2 aliphatic heterocycles. The summed E-state index contributed by atoms with van der Waals surface area (Å²) >= 11 is 6.47. The molecule has 2 aromatic rings. The number of carbonyl (C=O) groups is 1. The van der Waals surface area contributed by atoms with E-state index in [2.05, 4.69) is 5.10 Å². The molecule has 1 unspecified atom stereocenters. The number of rotatable bonds is 5. The lowest BCUT2D eigenvalue weighted by molar-refractivity contribution is -0.897. The molecule has 31 heavy (non-hydrogen) atoms. The molecule has 3 atom stereocenters. The van der Waals surface area contributed by atoms with Crippen LogP contribution in [0.5, 0.6) is 5.75 Å². The monoisotopic (exact) mass is 442 g/mol. The first-order valence-corrected chi connectivity index (χ1v) is 11.0. The van der Waals surface area contributed by atoms with Crippen molar-refractivity contribution in [3.05, 3.63) is 64.3 Å². The highest BCUT2D eigenvalue weighted by Gasteiger charge is 2.43. The predicted molar refractivity (Wildman–Crippen MR) is 121 cm³/mol. The zero-order valence-corrected chi connectivity index (χ0v) is 18.5. The molecule has 0 saturated carbocycles. The van der Waals surface area contributed by atoms with Gasteiger partial charge in [-0.1, -0.05) is 49.2 Å². The molecule has 0 aromatic heterocycles. The van der Waals surface area contributed by atoms with E-state index in [4.69, 9.17) is 16.3 Å². The highest BCUT2D eigenvalue weighted by molar-refractivity contribution is 6.37. The zero-order chi connectivity index (χ0) is 22.0. The number of benzene rings is 2. The number of hydroxylamine groups is 1. The van der Waals surface area contributed by atoms with Crippen LogP contribution in [0.1, 0.15) is 37.8 Å². The Morgan fingerprint density at radius 2 is 1.81 bits per heavy atom. The van der Waals surface area contributed by atoms with Gasteiger partial charge in [0.1, 0.15) is 5.75 Å². The lowest BCUT2D eigenvalue weighted by Gasteiger charge is -2.34. The first-order chi connectivity index (χ1) is 15.0. The molecule has 4 rings (SSSR count). The third-order valence-corrected chi connectivity index (χ3v) is 6.33. The average Bonchev–Trinajstić information content (AvgIpc) is 3.15. The second-order valence-corrected chi connectivity index (χ2v) is 8.38. The van der Waals surface area contributed by atoms with Gasteiger partial charge in [-0.2, -0.15) is 5.10 Å². The molecule has 8 heteroatoms. The van der Waals surface area contributed by atoms with Crippen molar-refractivity contribution in [1.82, 2.24) is 5.01 Å². The van der Waals surface area contributed by atoms with Crippen LogP contribution in [0, 0.1) is 11.1 Å². The molecule has 0 radical (unpaired) electrons. The van der Waals surface area contributed by atoms with Gasteiger partial charge in [-0.15, -0.1) is 5.01 Å². The summed E-state index contributed by atoms with van der Waals surface area (Å²) in [6, 6.07) is 14.8. The maximum absolute atomic E-state index is 13.2.